The molecule has 3 aromatic rings. The largest absolute Gasteiger partial charge is 0.444 e. The lowest BCUT2D eigenvalue weighted by Crippen LogP contribution is -2.58. The number of hydrogen-bond donors (Lipinski definition) is 1. The van der Waals surface area contributed by atoms with Crippen molar-refractivity contribution >= 4 is 23.0 Å². The van der Waals surface area contributed by atoms with E-state index < -0.39 is 29.4 Å². The Morgan fingerprint density at radius 2 is 1.81 bits per heavy atom. The summed E-state index contributed by atoms with van der Waals surface area (Å²) >= 11 is 0. The van der Waals surface area contributed by atoms with E-state index in [2.05, 4.69) is 16.0 Å². The zero-order valence-electron chi connectivity index (χ0n) is 24.8. The third kappa shape index (κ3) is 5.34. The Bertz CT molecular complexity index is 1530. The molecule has 1 aromatic carbocycles. The summed E-state index contributed by atoms with van der Waals surface area (Å²) in [6.07, 6.45) is 0.132. The lowest BCUT2D eigenvalue weighted by molar-refractivity contribution is -0.258. The standard InChI is InChI=1S/C31H37F3N4O4/c1-18-15-35-26-22(18)14-21(16-36-26)20-12-19-9-11-37(27(39)30(5,41-6)31(32,33)34)17-24(19)23(13-20)25-8-7-10-38(25)28(40)42-29(2,3)4/h12-16,25H,7-11,17H2,1-6H3,(H,35,36)/t25-,30-/m0/s1. The van der Waals surface area contributed by atoms with Crippen molar-refractivity contribution in [1.82, 2.24) is 19.8 Å². The second kappa shape index (κ2) is 10.6. The molecule has 0 saturated carbocycles. The van der Waals surface area contributed by atoms with Gasteiger partial charge in [-0.3, -0.25) is 4.79 Å². The van der Waals surface area contributed by atoms with Crippen molar-refractivity contribution < 1.29 is 32.2 Å². The number of nitrogens with zero attached hydrogens (tertiary/aromatic N) is 3. The number of carbonyl (C=O) groups excluding carboxylic acids is 2. The number of alkyl halides is 3. The molecule has 0 spiro atoms. The minimum atomic E-state index is -4.88. The molecule has 4 heterocycles. The van der Waals surface area contributed by atoms with E-state index in [-0.39, 0.29) is 19.1 Å². The Kier molecular flexibility index (Phi) is 7.53. The first-order valence-corrected chi connectivity index (χ1v) is 14.1. The third-order valence-corrected chi connectivity index (χ3v) is 8.33. The van der Waals surface area contributed by atoms with Crippen molar-refractivity contribution in [3.63, 3.8) is 0 Å². The van der Waals surface area contributed by atoms with Gasteiger partial charge in [-0.15, -0.1) is 0 Å². The summed E-state index contributed by atoms with van der Waals surface area (Å²) in [7, 11) is 0.898. The molecule has 11 heteroatoms. The molecule has 0 unspecified atom stereocenters. The summed E-state index contributed by atoms with van der Waals surface area (Å²) in [6.45, 7) is 8.77. The first-order chi connectivity index (χ1) is 19.6. The number of benzene rings is 1. The van der Waals surface area contributed by atoms with E-state index in [9.17, 15) is 22.8 Å². The van der Waals surface area contributed by atoms with Crippen LogP contribution in [0.25, 0.3) is 22.2 Å². The summed E-state index contributed by atoms with van der Waals surface area (Å²) in [5, 5.41) is 0.991. The number of aromatic nitrogens is 2. The van der Waals surface area contributed by atoms with Gasteiger partial charge in [0.05, 0.1) is 6.04 Å². The van der Waals surface area contributed by atoms with E-state index in [1.807, 2.05) is 46.0 Å². The number of aryl methyl sites for hydroxylation is 1. The van der Waals surface area contributed by atoms with E-state index in [4.69, 9.17) is 9.47 Å². The molecule has 226 valence electrons. The molecule has 8 nitrogen and oxygen atoms in total. The Labute approximate surface area is 243 Å². The minimum Gasteiger partial charge on any atom is -0.444 e. The van der Waals surface area contributed by atoms with E-state index in [1.54, 1.807) is 11.1 Å². The molecule has 2 amide bonds. The number of pyridine rings is 1. The lowest BCUT2D eigenvalue weighted by atomic mass is 9.86. The van der Waals surface area contributed by atoms with Crippen molar-refractivity contribution in [2.75, 3.05) is 20.2 Å². The van der Waals surface area contributed by atoms with Crippen molar-refractivity contribution in [1.29, 1.82) is 0 Å². The minimum absolute atomic E-state index is 0.0222. The summed E-state index contributed by atoms with van der Waals surface area (Å²) in [5.41, 5.74) is 2.46. The number of fused-ring (bicyclic) bond motifs is 2. The maximum absolute atomic E-state index is 13.9. The molecular formula is C31H37F3N4O4. The number of likely N-dealkylation sites (tertiary alicyclic amines) is 1. The van der Waals surface area contributed by atoms with Crippen LogP contribution in [0.5, 0.6) is 0 Å². The van der Waals surface area contributed by atoms with Gasteiger partial charge in [-0.2, -0.15) is 13.2 Å². The van der Waals surface area contributed by atoms with E-state index in [0.29, 0.717) is 19.4 Å². The smallest absolute Gasteiger partial charge is 0.426 e. The Morgan fingerprint density at radius 3 is 2.48 bits per heavy atom. The Morgan fingerprint density at radius 1 is 1.07 bits per heavy atom. The molecule has 0 radical (unpaired) electrons. The fourth-order valence-corrected chi connectivity index (χ4v) is 5.88. The highest BCUT2D eigenvalue weighted by atomic mass is 19.4. The topological polar surface area (TPSA) is 87.8 Å². The van der Waals surface area contributed by atoms with Crippen LogP contribution < -0.4 is 0 Å². The molecule has 1 fully saturated rings. The molecule has 5 rings (SSSR count). The van der Waals surface area contributed by atoms with Gasteiger partial charge >= 0.3 is 12.3 Å². The molecule has 2 aliphatic rings. The molecular weight excluding hydrogens is 549 g/mol. The van der Waals surface area contributed by atoms with E-state index in [1.165, 1.54) is 4.90 Å². The number of H-pyrrole nitrogens is 1. The summed E-state index contributed by atoms with van der Waals surface area (Å²) in [6, 6.07) is 5.72. The predicted molar refractivity (Wildman–Crippen MR) is 152 cm³/mol. The first-order valence-electron chi connectivity index (χ1n) is 14.1. The number of nitrogens with one attached hydrogen (secondary N) is 1. The number of hydrogen-bond acceptors (Lipinski definition) is 5. The van der Waals surface area contributed by atoms with Crippen LogP contribution in [0.15, 0.2) is 30.6 Å². The molecule has 2 aromatic heterocycles. The van der Waals surface area contributed by atoms with Crippen molar-refractivity contribution in [3.8, 4) is 11.1 Å². The highest BCUT2D eigenvalue weighted by Gasteiger charge is 2.59. The van der Waals surface area contributed by atoms with Crippen LogP contribution >= 0.6 is 0 Å². The van der Waals surface area contributed by atoms with Crippen molar-refractivity contribution in [2.45, 2.75) is 83.8 Å². The monoisotopic (exact) mass is 586 g/mol. The fourth-order valence-electron chi connectivity index (χ4n) is 5.88. The Balaban J connectivity index is 1.60. The van der Waals surface area contributed by atoms with Crippen molar-refractivity contribution in [3.05, 3.63) is 52.8 Å². The first kappa shape index (κ1) is 29.9. The molecule has 2 atom stereocenters. The van der Waals surface area contributed by atoms with Crippen LogP contribution in [0, 0.1) is 6.92 Å². The molecule has 0 bridgehead atoms. The van der Waals surface area contributed by atoms with Crippen LogP contribution in [0.4, 0.5) is 18.0 Å². The van der Waals surface area contributed by atoms with Gasteiger partial charge < -0.3 is 24.3 Å². The molecule has 1 N–H and O–H groups in total. The molecule has 1 saturated heterocycles. The van der Waals surface area contributed by atoms with Crippen LogP contribution in [-0.2, 0) is 27.2 Å². The van der Waals surface area contributed by atoms with Gasteiger partial charge in [-0.25, -0.2) is 9.78 Å². The predicted octanol–water partition coefficient (Wildman–Crippen LogP) is 6.46. The zero-order valence-corrected chi connectivity index (χ0v) is 24.8. The SMILES string of the molecule is CO[C@@](C)(C(=O)N1CCc2cc(-c3cnc4[nH]cc(C)c4c3)cc([C@@H]3CCCN3C(=O)OC(C)(C)C)c2C1)C(F)(F)F. The summed E-state index contributed by atoms with van der Waals surface area (Å²) < 4.78 is 52.2. The summed E-state index contributed by atoms with van der Waals surface area (Å²) in [5.74, 6) is -1.13. The third-order valence-electron chi connectivity index (χ3n) is 8.33. The van der Waals surface area contributed by atoms with Crippen LogP contribution in [0.1, 0.15) is 68.8 Å². The average Bonchev–Trinajstić information content (AvgIpc) is 3.56. The van der Waals surface area contributed by atoms with Gasteiger partial charge in [-0.1, -0.05) is 6.07 Å². The molecule has 2 aliphatic heterocycles. The number of halogens is 3. The van der Waals surface area contributed by atoms with Crippen LogP contribution in [0.3, 0.4) is 0 Å². The fraction of sp³-hybridized carbons (Fsp3) is 0.516. The number of ether oxygens (including phenoxy) is 2. The number of methoxy groups -OCH3 is 1. The van der Waals surface area contributed by atoms with E-state index in [0.717, 1.165) is 64.9 Å². The van der Waals surface area contributed by atoms with Crippen LogP contribution in [-0.4, -0.2) is 69.3 Å². The quantitative estimate of drug-likeness (QED) is 0.379. The van der Waals surface area contributed by atoms with Gasteiger partial charge in [0.1, 0.15) is 11.2 Å². The maximum Gasteiger partial charge on any atom is 0.426 e. The molecule has 42 heavy (non-hydrogen) atoms. The van der Waals surface area contributed by atoms with Gasteiger partial charge in [0.2, 0.25) is 5.60 Å². The molecule has 0 aliphatic carbocycles. The second-order valence-electron chi connectivity index (χ2n) is 12.3. The highest BCUT2D eigenvalue weighted by molar-refractivity contribution is 5.87. The van der Waals surface area contributed by atoms with E-state index >= 15 is 0 Å². The number of rotatable bonds is 4. The van der Waals surface area contributed by atoms with Crippen molar-refractivity contribution in [2.24, 2.45) is 0 Å². The highest BCUT2D eigenvalue weighted by Crippen LogP contribution is 2.42. The second-order valence-corrected chi connectivity index (χ2v) is 12.3. The van der Waals surface area contributed by atoms with Gasteiger partial charge in [0.15, 0.2) is 0 Å². The lowest BCUT2D eigenvalue weighted by Gasteiger charge is -2.39. The maximum atomic E-state index is 13.9. The zero-order chi connectivity index (χ0) is 30.6. The Hall–Kier alpha value is -3.60. The van der Waals surface area contributed by atoms with Gasteiger partial charge in [0.25, 0.3) is 5.91 Å². The normalized spacial score (nSPS) is 19.1. The number of amides is 2. The average molecular weight is 587 g/mol. The van der Waals surface area contributed by atoms with Crippen LogP contribution in [0.2, 0.25) is 0 Å². The number of aromatic amines is 1. The van der Waals surface area contributed by atoms with Gasteiger partial charge in [-0.05, 0) is 93.8 Å². The summed E-state index contributed by atoms with van der Waals surface area (Å²) in [4.78, 5) is 37.2. The number of carbonyl (C=O) groups is 2. The van der Waals surface area contributed by atoms with Gasteiger partial charge in [0, 0.05) is 50.1 Å².